The van der Waals surface area contributed by atoms with Gasteiger partial charge >= 0.3 is 0 Å². The average molecular weight is 337 g/mol. The van der Waals surface area contributed by atoms with Gasteiger partial charge in [0.05, 0.1) is 17.6 Å². The van der Waals surface area contributed by atoms with Gasteiger partial charge in [-0.15, -0.1) is 5.10 Å². The zero-order valence-electron chi connectivity index (χ0n) is 14.1. The Kier molecular flexibility index (Phi) is 3.79. The van der Waals surface area contributed by atoms with Crippen LogP contribution in [0.15, 0.2) is 36.7 Å². The fourth-order valence-electron chi connectivity index (χ4n) is 3.09. The summed E-state index contributed by atoms with van der Waals surface area (Å²) >= 11 is 0. The lowest BCUT2D eigenvalue weighted by molar-refractivity contribution is -0.117. The summed E-state index contributed by atoms with van der Waals surface area (Å²) in [7, 11) is 1.88. The summed E-state index contributed by atoms with van der Waals surface area (Å²) < 4.78 is 3.43. The van der Waals surface area contributed by atoms with Crippen LogP contribution in [0.2, 0.25) is 0 Å². The first-order chi connectivity index (χ1) is 12.2. The maximum atomic E-state index is 12.6. The molecule has 2 heterocycles. The van der Waals surface area contributed by atoms with Crippen molar-refractivity contribution in [3.63, 3.8) is 0 Å². The number of benzene rings is 1. The van der Waals surface area contributed by atoms with Gasteiger partial charge < -0.3 is 5.32 Å². The molecule has 1 saturated carbocycles. The molecular formula is C17H19N7O. The maximum Gasteiger partial charge on any atom is 0.228 e. The van der Waals surface area contributed by atoms with E-state index in [2.05, 4.69) is 25.9 Å². The van der Waals surface area contributed by atoms with Gasteiger partial charge in [0, 0.05) is 25.6 Å². The van der Waals surface area contributed by atoms with E-state index < -0.39 is 0 Å². The number of nitrogens with zero attached hydrogens (tertiary/aromatic N) is 6. The number of carbonyl (C=O) groups excluding carboxylic acids is 1. The Morgan fingerprint density at radius 2 is 2.20 bits per heavy atom. The molecule has 0 bridgehead atoms. The summed E-state index contributed by atoms with van der Waals surface area (Å²) in [5.74, 6) is 1.01. The number of tetrazole rings is 1. The number of hydrogen-bond donors (Lipinski definition) is 1. The van der Waals surface area contributed by atoms with Crippen LogP contribution in [0, 0.1) is 5.92 Å². The van der Waals surface area contributed by atoms with E-state index in [1.165, 1.54) is 0 Å². The lowest BCUT2D eigenvalue weighted by Gasteiger charge is -2.11. The molecular weight excluding hydrogens is 318 g/mol. The van der Waals surface area contributed by atoms with Crippen molar-refractivity contribution in [2.75, 3.05) is 5.32 Å². The van der Waals surface area contributed by atoms with E-state index in [-0.39, 0.29) is 17.7 Å². The first kappa shape index (κ1) is 15.5. The number of aryl methyl sites for hydroxylation is 2. The molecule has 2 atom stereocenters. The lowest BCUT2D eigenvalue weighted by atomic mass is 10.2. The Hall–Kier alpha value is -3.03. The highest BCUT2D eigenvalue weighted by atomic mass is 16.2. The van der Waals surface area contributed by atoms with E-state index in [1.807, 2.05) is 50.6 Å². The van der Waals surface area contributed by atoms with Crippen molar-refractivity contribution in [2.45, 2.75) is 25.7 Å². The average Bonchev–Trinajstić information content (AvgIpc) is 3.07. The van der Waals surface area contributed by atoms with E-state index in [0.717, 1.165) is 23.5 Å². The number of nitrogens with one attached hydrogen (secondary N) is 1. The summed E-state index contributed by atoms with van der Waals surface area (Å²) in [4.78, 5) is 12.6. The predicted octanol–water partition coefficient (Wildman–Crippen LogP) is 1.70. The largest absolute Gasteiger partial charge is 0.324 e. The Labute approximate surface area is 144 Å². The molecule has 0 unspecified atom stereocenters. The molecule has 2 aromatic heterocycles. The molecule has 8 heteroatoms. The number of carbonyl (C=O) groups is 1. The molecule has 1 N–H and O–H groups in total. The van der Waals surface area contributed by atoms with Gasteiger partial charge in [0.2, 0.25) is 5.91 Å². The molecule has 128 valence electrons. The fraction of sp³-hybridized carbons (Fsp3) is 0.353. The summed E-state index contributed by atoms with van der Waals surface area (Å²) in [6, 6.07) is 7.56. The first-order valence-electron chi connectivity index (χ1n) is 8.33. The van der Waals surface area contributed by atoms with Crippen molar-refractivity contribution in [1.29, 1.82) is 0 Å². The minimum atomic E-state index is -0.0169. The first-order valence-corrected chi connectivity index (χ1v) is 8.33. The Balaban J connectivity index is 1.53. The summed E-state index contributed by atoms with van der Waals surface area (Å²) in [6.07, 6.45) is 5.37. The van der Waals surface area contributed by atoms with Crippen LogP contribution in [-0.4, -0.2) is 35.9 Å². The minimum absolute atomic E-state index is 0.0169. The van der Waals surface area contributed by atoms with Gasteiger partial charge in [-0.05, 0) is 40.5 Å². The zero-order chi connectivity index (χ0) is 17.4. The van der Waals surface area contributed by atoms with Crippen molar-refractivity contribution in [1.82, 2.24) is 30.0 Å². The van der Waals surface area contributed by atoms with Crippen LogP contribution in [0.1, 0.15) is 30.7 Å². The van der Waals surface area contributed by atoms with Crippen LogP contribution in [0.4, 0.5) is 5.69 Å². The third kappa shape index (κ3) is 2.90. The zero-order valence-corrected chi connectivity index (χ0v) is 14.1. The summed E-state index contributed by atoms with van der Waals surface area (Å²) in [6.45, 7) is 1.99. The van der Waals surface area contributed by atoms with E-state index in [9.17, 15) is 4.79 Å². The summed E-state index contributed by atoms with van der Waals surface area (Å²) in [5, 5.41) is 19.0. The highest BCUT2D eigenvalue weighted by molar-refractivity contribution is 5.96. The monoisotopic (exact) mass is 337 g/mol. The molecule has 1 aliphatic carbocycles. The van der Waals surface area contributed by atoms with Crippen molar-refractivity contribution in [2.24, 2.45) is 13.0 Å². The fourth-order valence-corrected chi connectivity index (χ4v) is 3.09. The Bertz CT molecular complexity index is 913. The van der Waals surface area contributed by atoms with Crippen LogP contribution in [-0.2, 0) is 18.3 Å². The van der Waals surface area contributed by atoms with Gasteiger partial charge in [-0.3, -0.25) is 9.48 Å². The molecule has 0 aliphatic heterocycles. The molecule has 1 amide bonds. The van der Waals surface area contributed by atoms with Gasteiger partial charge in [-0.2, -0.15) is 9.78 Å². The topological polar surface area (TPSA) is 90.5 Å². The van der Waals surface area contributed by atoms with Gasteiger partial charge in [0.25, 0.3) is 0 Å². The number of amides is 1. The second-order valence-electron chi connectivity index (χ2n) is 6.26. The van der Waals surface area contributed by atoms with Crippen molar-refractivity contribution >= 4 is 11.6 Å². The number of aromatic nitrogens is 6. The van der Waals surface area contributed by atoms with Crippen molar-refractivity contribution < 1.29 is 4.79 Å². The third-order valence-electron chi connectivity index (χ3n) is 4.52. The van der Waals surface area contributed by atoms with Crippen LogP contribution >= 0.6 is 0 Å². The molecule has 0 saturated heterocycles. The second kappa shape index (κ2) is 6.12. The third-order valence-corrected chi connectivity index (χ3v) is 4.52. The molecule has 3 aromatic rings. The van der Waals surface area contributed by atoms with E-state index in [1.54, 1.807) is 9.36 Å². The molecule has 1 aliphatic rings. The van der Waals surface area contributed by atoms with Gasteiger partial charge in [0.1, 0.15) is 0 Å². The number of anilines is 1. The van der Waals surface area contributed by atoms with Gasteiger partial charge in [-0.1, -0.05) is 19.1 Å². The van der Waals surface area contributed by atoms with E-state index in [0.29, 0.717) is 12.1 Å². The smallest absolute Gasteiger partial charge is 0.228 e. The van der Waals surface area contributed by atoms with Crippen LogP contribution in [0.5, 0.6) is 0 Å². The highest BCUT2D eigenvalue weighted by Gasteiger charge is 2.44. The molecule has 25 heavy (non-hydrogen) atoms. The Morgan fingerprint density at radius 3 is 2.96 bits per heavy atom. The quantitative estimate of drug-likeness (QED) is 0.765. The van der Waals surface area contributed by atoms with Crippen LogP contribution < -0.4 is 5.32 Å². The van der Waals surface area contributed by atoms with Crippen LogP contribution in [0.25, 0.3) is 5.69 Å². The molecule has 0 radical (unpaired) electrons. The predicted molar refractivity (Wildman–Crippen MR) is 91.2 cm³/mol. The van der Waals surface area contributed by atoms with Gasteiger partial charge in [0.15, 0.2) is 5.82 Å². The summed E-state index contributed by atoms with van der Waals surface area (Å²) in [5.41, 5.74) is 2.60. The van der Waals surface area contributed by atoms with Crippen molar-refractivity contribution in [3.05, 3.63) is 48.0 Å². The molecule has 0 spiro atoms. The molecule has 1 fully saturated rings. The van der Waals surface area contributed by atoms with Crippen molar-refractivity contribution in [3.8, 4) is 5.69 Å². The molecule has 1 aromatic carbocycles. The molecule has 8 nitrogen and oxygen atoms in total. The lowest BCUT2D eigenvalue weighted by Crippen LogP contribution is -2.17. The standard InChI is InChI=1S/C17H19N7O/c1-3-16-20-21-22-24(16)15-7-5-4-6-14(15)19-17(25)13-8-12(13)11-9-18-23(2)10-11/h4-7,9-10,12-13H,3,8H2,1-2H3,(H,19,25)/t12-,13+/m0/s1. The Morgan fingerprint density at radius 1 is 1.36 bits per heavy atom. The second-order valence-corrected chi connectivity index (χ2v) is 6.26. The van der Waals surface area contributed by atoms with E-state index >= 15 is 0 Å². The highest BCUT2D eigenvalue weighted by Crippen LogP contribution is 2.47. The SMILES string of the molecule is CCc1nnnn1-c1ccccc1NC(=O)[C@@H]1C[C@H]1c1cnn(C)c1. The van der Waals surface area contributed by atoms with Crippen LogP contribution in [0.3, 0.4) is 0 Å². The normalized spacial score (nSPS) is 19.0. The van der Waals surface area contributed by atoms with E-state index in [4.69, 9.17) is 0 Å². The van der Waals surface area contributed by atoms with Gasteiger partial charge in [-0.25, -0.2) is 0 Å². The minimum Gasteiger partial charge on any atom is -0.324 e. The maximum absolute atomic E-state index is 12.6. The molecule has 4 rings (SSSR count). The number of rotatable bonds is 5. The number of para-hydroxylation sites is 2. The number of hydrogen-bond acceptors (Lipinski definition) is 5.